The van der Waals surface area contributed by atoms with E-state index < -0.39 is 34.1 Å². The van der Waals surface area contributed by atoms with Crippen LogP contribution in [-0.2, 0) is 10.2 Å². The summed E-state index contributed by atoms with van der Waals surface area (Å²) in [4.78, 5) is 56.9. The predicted octanol–water partition coefficient (Wildman–Crippen LogP) is 5.84. The van der Waals surface area contributed by atoms with Crippen LogP contribution in [-0.4, -0.2) is 34.5 Å². The van der Waals surface area contributed by atoms with E-state index in [1.54, 1.807) is 30.3 Å². The van der Waals surface area contributed by atoms with Gasteiger partial charge in [-0.25, -0.2) is 0 Å². The van der Waals surface area contributed by atoms with Crippen LogP contribution in [0.4, 0.5) is 17.1 Å². The third-order valence-electron chi connectivity index (χ3n) is 8.83. The second-order valence-corrected chi connectivity index (χ2v) is 10.9. The summed E-state index contributed by atoms with van der Waals surface area (Å²) in [5.41, 5.74) is 2.55. The van der Waals surface area contributed by atoms with E-state index in [1.807, 2.05) is 66.4 Å². The molecule has 3 aliphatic rings. The smallest absolute Gasteiger partial charge is 0.270 e. The summed E-state index contributed by atoms with van der Waals surface area (Å²) < 4.78 is 0. The monoisotopic (exact) mass is 555 g/mol. The Kier molecular flexibility index (Phi) is 5.69. The van der Waals surface area contributed by atoms with Gasteiger partial charge < -0.3 is 10.2 Å². The number of fused-ring (bicyclic) bond motifs is 6. The van der Waals surface area contributed by atoms with E-state index in [-0.39, 0.29) is 22.9 Å². The zero-order valence-corrected chi connectivity index (χ0v) is 22.6. The molecule has 0 aromatic heterocycles. The lowest BCUT2D eigenvalue weighted by Crippen LogP contribution is -2.51. The zero-order valence-electron chi connectivity index (χ0n) is 22.6. The van der Waals surface area contributed by atoms with Gasteiger partial charge in [0.1, 0.15) is 11.5 Å². The molecule has 4 atom stereocenters. The quantitative estimate of drug-likeness (QED) is 0.188. The highest BCUT2D eigenvalue weighted by molar-refractivity contribution is 6.18. The number of ketones is 2. The summed E-state index contributed by atoms with van der Waals surface area (Å²) in [6.45, 7) is 1.96. The third-order valence-corrected chi connectivity index (χ3v) is 8.83. The van der Waals surface area contributed by atoms with E-state index in [1.165, 1.54) is 24.3 Å². The number of para-hydroxylation sites is 2. The molecule has 3 aliphatic heterocycles. The van der Waals surface area contributed by atoms with Crippen LogP contribution in [0.15, 0.2) is 109 Å². The fourth-order valence-corrected chi connectivity index (χ4v) is 7.11. The van der Waals surface area contributed by atoms with Gasteiger partial charge >= 0.3 is 0 Å². The standard InChI is InChI=1S/C34H25N3O5/c1-20-18-28-34(25-15-6-7-16-26(25)35-33(34)40)29(31(38)22-12-9-13-23(19-22)37(41)42)30(32(39)21-10-3-2-4-11-21)36(28)27-17-8-5-14-24(20)27/h2-19,28-30H,1H3,(H,35,40)/t28-,29+,30+,34-/m1/s1. The number of carbonyl (C=O) groups excluding carboxylic acids is 3. The van der Waals surface area contributed by atoms with Gasteiger partial charge in [0.15, 0.2) is 11.6 Å². The molecule has 0 radical (unpaired) electrons. The maximum atomic E-state index is 14.8. The lowest BCUT2D eigenvalue weighted by atomic mass is 9.64. The van der Waals surface area contributed by atoms with Gasteiger partial charge in [0.25, 0.3) is 5.69 Å². The molecule has 8 heteroatoms. The fourth-order valence-electron chi connectivity index (χ4n) is 7.11. The molecule has 1 N–H and O–H groups in total. The SMILES string of the molecule is CC1=C[C@H]2N(c3ccccc31)[C@H](C(=O)c1ccccc1)[C@@H](C(=O)c1cccc([N+](=O)[O-])c1)[C@]21C(=O)Nc2ccccc21. The molecule has 4 aromatic carbocycles. The number of benzene rings is 4. The Morgan fingerprint density at radius 2 is 1.55 bits per heavy atom. The van der Waals surface area contributed by atoms with Crippen LogP contribution in [0.2, 0.25) is 0 Å². The number of amides is 1. The molecule has 1 fully saturated rings. The highest BCUT2D eigenvalue weighted by Gasteiger charge is 2.70. The minimum Gasteiger partial charge on any atom is -0.352 e. The number of non-ortho nitro benzene ring substituents is 1. The van der Waals surface area contributed by atoms with Gasteiger partial charge in [0, 0.05) is 40.2 Å². The van der Waals surface area contributed by atoms with Gasteiger partial charge in [-0.15, -0.1) is 0 Å². The summed E-state index contributed by atoms with van der Waals surface area (Å²) >= 11 is 0. The number of nitrogens with zero attached hydrogens (tertiary/aromatic N) is 2. The number of anilines is 2. The number of hydrogen-bond donors (Lipinski definition) is 1. The van der Waals surface area contributed by atoms with E-state index in [0.29, 0.717) is 16.8 Å². The van der Waals surface area contributed by atoms with Crippen molar-refractivity contribution in [1.82, 2.24) is 0 Å². The molecule has 1 spiro atoms. The van der Waals surface area contributed by atoms with Crippen molar-refractivity contribution in [2.24, 2.45) is 5.92 Å². The number of nitro benzene ring substituents is 1. The molecule has 1 amide bonds. The predicted molar refractivity (Wildman–Crippen MR) is 159 cm³/mol. The van der Waals surface area contributed by atoms with Crippen molar-refractivity contribution in [2.45, 2.75) is 24.4 Å². The Hall–Kier alpha value is -5.37. The number of nitrogens with one attached hydrogen (secondary N) is 1. The first-order valence-electron chi connectivity index (χ1n) is 13.7. The maximum absolute atomic E-state index is 14.8. The van der Waals surface area contributed by atoms with Crippen molar-refractivity contribution in [3.63, 3.8) is 0 Å². The van der Waals surface area contributed by atoms with Gasteiger partial charge in [0.2, 0.25) is 5.91 Å². The van der Waals surface area contributed by atoms with Gasteiger partial charge in [-0.1, -0.05) is 84.9 Å². The second kappa shape index (κ2) is 9.34. The van der Waals surface area contributed by atoms with E-state index >= 15 is 0 Å². The number of carbonyl (C=O) groups is 3. The Balaban J connectivity index is 1.55. The van der Waals surface area contributed by atoms with Crippen molar-refractivity contribution >= 4 is 40.1 Å². The van der Waals surface area contributed by atoms with Gasteiger partial charge in [0.05, 0.1) is 16.9 Å². The van der Waals surface area contributed by atoms with E-state index in [9.17, 15) is 24.5 Å². The lowest BCUT2D eigenvalue weighted by molar-refractivity contribution is -0.384. The molecule has 8 nitrogen and oxygen atoms in total. The summed E-state index contributed by atoms with van der Waals surface area (Å²) in [6.07, 6.45) is 1.98. The summed E-state index contributed by atoms with van der Waals surface area (Å²) in [5, 5.41) is 14.7. The minimum absolute atomic E-state index is 0.0745. The van der Waals surface area contributed by atoms with E-state index in [0.717, 1.165) is 16.8 Å². The number of allylic oxidation sites excluding steroid dienone is 1. The van der Waals surface area contributed by atoms with Crippen molar-refractivity contribution < 1.29 is 19.3 Å². The highest BCUT2D eigenvalue weighted by atomic mass is 16.6. The molecule has 0 unspecified atom stereocenters. The van der Waals surface area contributed by atoms with Crippen LogP contribution in [0, 0.1) is 16.0 Å². The summed E-state index contributed by atoms with van der Waals surface area (Å²) in [5.74, 6) is -2.38. The molecule has 206 valence electrons. The number of nitro groups is 1. The Bertz CT molecular complexity index is 1850. The fraction of sp³-hybridized carbons (Fsp3) is 0.147. The first-order valence-corrected chi connectivity index (χ1v) is 13.7. The molecule has 7 rings (SSSR count). The molecular formula is C34H25N3O5. The van der Waals surface area contributed by atoms with Crippen molar-refractivity contribution in [3.8, 4) is 0 Å². The number of rotatable bonds is 5. The van der Waals surface area contributed by atoms with Gasteiger partial charge in [-0.2, -0.15) is 0 Å². The van der Waals surface area contributed by atoms with E-state index in [4.69, 9.17) is 0 Å². The average Bonchev–Trinajstić information content (AvgIpc) is 3.49. The van der Waals surface area contributed by atoms with Crippen LogP contribution >= 0.6 is 0 Å². The van der Waals surface area contributed by atoms with Crippen molar-refractivity contribution in [3.05, 3.63) is 142 Å². The van der Waals surface area contributed by atoms with Crippen molar-refractivity contribution in [2.75, 3.05) is 10.2 Å². The van der Waals surface area contributed by atoms with Crippen molar-refractivity contribution in [1.29, 1.82) is 0 Å². The van der Waals surface area contributed by atoms with Gasteiger partial charge in [-0.3, -0.25) is 24.5 Å². The normalized spacial score (nSPS) is 23.5. The molecule has 4 aromatic rings. The van der Waals surface area contributed by atoms with E-state index in [2.05, 4.69) is 5.32 Å². The second-order valence-electron chi connectivity index (χ2n) is 10.9. The van der Waals surface area contributed by atoms with Crippen LogP contribution < -0.4 is 10.2 Å². The van der Waals surface area contributed by atoms with Crippen LogP contribution in [0.25, 0.3) is 5.57 Å². The zero-order chi connectivity index (χ0) is 29.2. The molecular weight excluding hydrogens is 530 g/mol. The Morgan fingerprint density at radius 3 is 2.33 bits per heavy atom. The van der Waals surface area contributed by atoms with Crippen LogP contribution in [0.5, 0.6) is 0 Å². The topological polar surface area (TPSA) is 110 Å². The molecule has 1 saturated heterocycles. The molecule has 0 saturated carbocycles. The molecule has 3 heterocycles. The first kappa shape index (κ1) is 25.6. The number of Topliss-reactive ketones (excluding diaryl/α,β-unsaturated/α-hetero) is 2. The molecule has 0 bridgehead atoms. The Morgan fingerprint density at radius 1 is 0.857 bits per heavy atom. The molecule has 0 aliphatic carbocycles. The van der Waals surface area contributed by atoms with Crippen LogP contribution in [0.1, 0.15) is 38.8 Å². The number of hydrogen-bond acceptors (Lipinski definition) is 6. The first-order chi connectivity index (χ1) is 20.3. The van der Waals surface area contributed by atoms with Gasteiger partial charge in [-0.05, 0) is 30.2 Å². The summed E-state index contributed by atoms with van der Waals surface area (Å²) in [7, 11) is 0. The lowest BCUT2D eigenvalue weighted by Gasteiger charge is -2.39. The average molecular weight is 556 g/mol. The van der Waals surface area contributed by atoms with Crippen LogP contribution in [0.3, 0.4) is 0 Å². The molecule has 42 heavy (non-hydrogen) atoms. The maximum Gasteiger partial charge on any atom is 0.270 e. The largest absolute Gasteiger partial charge is 0.352 e. The highest BCUT2D eigenvalue weighted by Crippen LogP contribution is 2.58. The Labute approximate surface area is 241 Å². The third kappa shape index (κ3) is 3.44. The summed E-state index contributed by atoms with van der Waals surface area (Å²) in [6, 6.07) is 27.4. The minimum atomic E-state index is -1.48.